The van der Waals surface area contributed by atoms with Gasteiger partial charge >= 0.3 is 5.97 Å². The Balaban J connectivity index is 2.46. The second kappa shape index (κ2) is 6.83. The normalized spacial score (nSPS) is 10.4. The average Bonchev–Trinajstić information content (AvgIpc) is 2.92. The molecule has 0 unspecified atom stereocenters. The number of aromatic nitrogens is 1. The first-order valence-corrected chi connectivity index (χ1v) is 6.94. The number of benzene rings is 1. The van der Waals surface area contributed by atoms with Gasteiger partial charge in [0.2, 0.25) is 5.69 Å². The van der Waals surface area contributed by atoms with Crippen LogP contribution in [0, 0.1) is 0 Å². The third-order valence-corrected chi connectivity index (χ3v) is 2.97. The van der Waals surface area contributed by atoms with E-state index in [1.807, 2.05) is 13.0 Å². The molecule has 0 spiro atoms. The van der Waals surface area contributed by atoms with Crippen LogP contribution in [0.15, 0.2) is 34.9 Å². The third-order valence-electron chi connectivity index (χ3n) is 2.97. The molecule has 110 valence electrons. The van der Waals surface area contributed by atoms with Crippen molar-refractivity contribution in [1.82, 2.24) is 5.16 Å². The molecule has 1 aromatic carbocycles. The van der Waals surface area contributed by atoms with Crippen molar-refractivity contribution in [1.29, 1.82) is 0 Å². The van der Waals surface area contributed by atoms with Crippen molar-refractivity contribution in [3.63, 3.8) is 0 Å². The van der Waals surface area contributed by atoms with Gasteiger partial charge in [-0.3, -0.25) is 4.79 Å². The summed E-state index contributed by atoms with van der Waals surface area (Å²) in [5, 5.41) is 3.73. The molecule has 0 radical (unpaired) electrons. The number of hydrogen-bond donors (Lipinski definition) is 0. The predicted molar refractivity (Wildman–Crippen MR) is 76.3 cm³/mol. The number of aryl methyl sites for hydroxylation is 1. The maximum atomic E-state index is 12.6. The molecule has 0 amide bonds. The van der Waals surface area contributed by atoms with Gasteiger partial charge in [-0.25, -0.2) is 4.79 Å². The molecule has 0 N–H and O–H groups in total. The van der Waals surface area contributed by atoms with Gasteiger partial charge in [-0.05, 0) is 13.3 Å². The summed E-state index contributed by atoms with van der Waals surface area (Å²) >= 11 is 0. The minimum Gasteiger partial charge on any atom is -0.461 e. The molecule has 0 fully saturated rings. The maximum absolute atomic E-state index is 12.6. The summed E-state index contributed by atoms with van der Waals surface area (Å²) in [7, 11) is 0. The van der Waals surface area contributed by atoms with Crippen LogP contribution in [0.25, 0.3) is 0 Å². The van der Waals surface area contributed by atoms with Crippen molar-refractivity contribution >= 4 is 11.8 Å². The van der Waals surface area contributed by atoms with E-state index in [0.29, 0.717) is 17.7 Å². The first kappa shape index (κ1) is 15.0. The molecule has 0 saturated heterocycles. The van der Waals surface area contributed by atoms with Crippen LogP contribution in [0.5, 0.6) is 0 Å². The van der Waals surface area contributed by atoms with Crippen LogP contribution in [-0.4, -0.2) is 23.5 Å². The number of nitrogens with zero attached hydrogens (tertiary/aromatic N) is 1. The highest BCUT2D eigenvalue weighted by atomic mass is 16.5. The van der Waals surface area contributed by atoms with E-state index in [4.69, 9.17) is 9.26 Å². The highest BCUT2D eigenvalue weighted by Gasteiger charge is 2.28. The molecule has 5 heteroatoms. The predicted octanol–water partition coefficient (Wildman–Crippen LogP) is 3.03. The van der Waals surface area contributed by atoms with Crippen LogP contribution < -0.4 is 0 Å². The zero-order chi connectivity index (χ0) is 15.2. The second-order valence-corrected chi connectivity index (χ2v) is 4.49. The summed E-state index contributed by atoms with van der Waals surface area (Å²) in [6, 6.07) is 8.75. The summed E-state index contributed by atoms with van der Waals surface area (Å²) in [4.78, 5) is 24.5. The van der Waals surface area contributed by atoms with E-state index in [1.54, 1.807) is 31.2 Å². The minimum absolute atomic E-state index is 0.0471. The third kappa shape index (κ3) is 3.18. The Labute approximate surface area is 122 Å². The Morgan fingerprint density at radius 2 is 1.90 bits per heavy atom. The standard InChI is InChI=1S/C16H17NO4/c1-3-8-12-13(14(17-21-12)16(19)20-4-2)15(18)11-9-6-5-7-10-11/h5-7,9-10H,3-4,8H2,1-2H3. The van der Waals surface area contributed by atoms with Crippen LogP contribution in [-0.2, 0) is 11.2 Å². The lowest BCUT2D eigenvalue weighted by atomic mass is 9.99. The van der Waals surface area contributed by atoms with Crippen molar-refractivity contribution in [2.75, 3.05) is 6.61 Å². The molecule has 0 aliphatic carbocycles. The molecule has 0 atom stereocenters. The number of ether oxygens (including phenoxy) is 1. The summed E-state index contributed by atoms with van der Waals surface area (Å²) in [5.41, 5.74) is 0.652. The first-order chi connectivity index (χ1) is 10.2. The summed E-state index contributed by atoms with van der Waals surface area (Å²) in [6.45, 7) is 3.88. The van der Waals surface area contributed by atoms with Gasteiger partial charge < -0.3 is 9.26 Å². The molecule has 0 aliphatic heterocycles. The summed E-state index contributed by atoms with van der Waals surface area (Å²) in [5.74, 6) is -0.486. The van der Waals surface area contributed by atoms with Crippen LogP contribution in [0.2, 0.25) is 0 Å². The molecule has 2 aromatic rings. The van der Waals surface area contributed by atoms with E-state index in [2.05, 4.69) is 5.16 Å². The average molecular weight is 287 g/mol. The quantitative estimate of drug-likeness (QED) is 0.603. The fourth-order valence-corrected chi connectivity index (χ4v) is 2.03. The van der Waals surface area contributed by atoms with Crippen molar-refractivity contribution in [2.24, 2.45) is 0 Å². The van der Waals surface area contributed by atoms with E-state index in [0.717, 1.165) is 6.42 Å². The highest BCUT2D eigenvalue weighted by Crippen LogP contribution is 2.21. The van der Waals surface area contributed by atoms with Crippen molar-refractivity contribution in [3.8, 4) is 0 Å². The van der Waals surface area contributed by atoms with Crippen LogP contribution in [0.4, 0.5) is 0 Å². The fourth-order valence-electron chi connectivity index (χ4n) is 2.03. The molecule has 1 heterocycles. The second-order valence-electron chi connectivity index (χ2n) is 4.49. The topological polar surface area (TPSA) is 69.4 Å². The number of carbonyl (C=O) groups excluding carboxylic acids is 2. The Kier molecular flexibility index (Phi) is 4.87. The van der Waals surface area contributed by atoms with Crippen molar-refractivity contribution in [2.45, 2.75) is 26.7 Å². The highest BCUT2D eigenvalue weighted by molar-refractivity contribution is 6.14. The van der Waals surface area contributed by atoms with Crippen LogP contribution >= 0.6 is 0 Å². The molecule has 5 nitrogen and oxygen atoms in total. The smallest absolute Gasteiger partial charge is 0.361 e. The molecule has 1 aromatic heterocycles. The molecule has 0 bridgehead atoms. The maximum Gasteiger partial charge on any atom is 0.361 e. The summed E-state index contributed by atoms with van der Waals surface area (Å²) < 4.78 is 10.1. The Morgan fingerprint density at radius 1 is 1.19 bits per heavy atom. The van der Waals surface area contributed by atoms with E-state index in [9.17, 15) is 9.59 Å². The molecule has 2 rings (SSSR count). The monoisotopic (exact) mass is 287 g/mol. The Hall–Kier alpha value is -2.43. The van der Waals surface area contributed by atoms with Gasteiger partial charge in [0.25, 0.3) is 0 Å². The lowest BCUT2D eigenvalue weighted by molar-refractivity contribution is 0.0512. The van der Waals surface area contributed by atoms with E-state index in [1.165, 1.54) is 0 Å². The van der Waals surface area contributed by atoms with Gasteiger partial charge in [0.05, 0.1) is 6.61 Å². The number of hydrogen-bond acceptors (Lipinski definition) is 5. The van der Waals surface area contributed by atoms with Crippen LogP contribution in [0.1, 0.15) is 52.4 Å². The first-order valence-electron chi connectivity index (χ1n) is 6.94. The van der Waals surface area contributed by atoms with Crippen molar-refractivity contribution in [3.05, 3.63) is 52.9 Å². The minimum atomic E-state index is -0.636. The van der Waals surface area contributed by atoms with Gasteiger partial charge in [0.15, 0.2) is 5.78 Å². The van der Waals surface area contributed by atoms with E-state index >= 15 is 0 Å². The zero-order valence-corrected chi connectivity index (χ0v) is 12.1. The van der Waals surface area contributed by atoms with Gasteiger partial charge in [-0.15, -0.1) is 0 Å². The van der Waals surface area contributed by atoms with Gasteiger partial charge in [0.1, 0.15) is 11.3 Å². The SMILES string of the molecule is CCCc1onc(C(=O)OCC)c1C(=O)c1ccccc1. The lowest BCUT2D eigenvalue weighted by Gasteiger charge is -2.03. The summed E-state index contributed by atoms with van der Waals surface area (Å²) in [6.07, 6.45) is 1.33. The molecule has 0 aliphatic rings. The Bertz CT molecular complexity index is 631. The van der Waals surface area contributed by atoms with Gasteiger partial charge in [0, 0.05) is 12.0 Å². The molecule has 21 heavy (non-hydrogen) atoms. The number of carbonyl (C=O) groups is 2. The fraction of sp³-hybridized carbons (Fsp3) is 0.312. The Morgan fingerprint density at radius 3 is 2.52 bits per heavy atom. The van der Waals surface area contributed by atoms with Gasteiger partial charge in [-0.1, -0.05) is 42.4 Å². The number of rotatable bonds is 6. The molecular weight excluding hydrogens is 270 g/mol. The molecular formula is C16H17NO4. The number of ketones is 1. The largest absolute Gasteiger partial charge is 0.461 e. The lowest BCUT2D eigenvalue weighted by Crippen LogP contribution is -2.13. The molecule has 0 saturated carbocycles. The van der Waals surface area contributed by atoms with Gasteiger partial charge in [-0.2, -0.15) is 0 Å². The zero-order valence-electron chi connectivity index (χ0n) is 12.1. The van der Waals surface area contributed by atoms with E-state index in [-0.39, 0.29) is 23.6 Å². The van der Waals surface area contributed by atoms with Crippen LogP contribution in [0.3, 0.4) is 0 Å². The van der Waals surface area contributed by atoms with E-state index < -0.39 is 5.97 Å². The number of esters is 1. The van der Waals surface area contributed by atoms with Crippen molar-refractivity contribution < 1.29 is 18.8 Å².